The number of H-pyrrole nitrogens is 1. The lowest BCUT2D eigenvalue weighted by molar-refractivity contribution is 0.243. The fraction of sp³-hybridized carbons (Fsp3) is 0.467. The minimum absolute atomic E-state index is 0.0771. The van der Waals surface area contributed by atoms with Crippen molar-refractivity contribution >= 4 is 38.2 Å². The van der Waals surface area contributed by atoms with Crippen molar-refractivity contribution in [3.8, 4) is 0 Å². The van der Waals surface area contributed by atoms with Gasteiger partial charge in [-0.05, 0) is 32.0 Å². The number of piperazine rings is 1. The van der Waals surface area contributed by atoms with Crippen molar-refractivity contribution in [2.45, 2.75) is 25.9 Å². The van der Waals surface area contributed by atoms with Gasteiger partial charge in [-0.2, -0.15) is 4.31 Å². The summed E-state index contributed by atoms with van der Waals surface area (Å²) in [5.41, 5.74) is 2.05. The van der Waals surface area contributed by atoms with Crippen LogP contribution in [0.15, 0.2) is 24.4 Å². The molecule has 2 aromatic rings. The van der Waals surface area contributed by atoms with E-state index in [2.05, 4.69) is 9.88 Å². The molecule has 1 aliphatic rings. The van der Waals surface area contributed by atoms with Crippen molar-refractivity contribution in [3.05, 3.63) is 29.4 Å². The molecule has 0 unspecified atom stereocenters. The molecule has 1 saturated heterocycles. The summed E-state index contributed by atoms with van der Waals surface area (Å²) >= 11 is 6.22. The second kappa shape index (κ2) is 5.44. The van der Waals surface area contributed by atoms with Gasteiger partial charge in [0.2, 0.25) is 10.0 Å². The first-order valence-electron chi connectivity index (χ1n) is 7.27. The van der Waals surface area contributed by atoms with Crippen LogP contribution in [0.4, 0.5) is 5.69 Å². The van der Waals surface area contributed by atoms with E-state index in [1.165, 1.54) is 6.26 Å². The Morgan fingerprint density at radius 2 is 1.86 bits per heavy atom. The second-order valence-corrected chi connectivity index (χ2v) is 8.38. The highest BCUT2D eigenvalue weighted by atomic mass is 35.5. The lowest BCUT2D eigenvalue weighted by Gasteiger charge is -2.44. The van der Waals surface area contributed by atoms with E-state index in [0.717, 1.165) is 16.6 Å². The summed E-state index contributed by atoms with van der Waals surface area (Å²) < 4.78 is 25.5. The molecular weight excluding hydrogens is 322 g/mol. The highest BCUT2D eigenvalue weighted by molar-refractivity contribution is 7.88. The van der Waals surface area contributed by atoms with Crippen LogP contribution in [0.2, 0.25) is 5.02 Å². The van der Waals surface area contributed by atoms with E-state index in [-0.39, 0.29) is 12.1 Å². The maximum absolute atomic E-state index is 12.0. The van der Waals surface area contributed by atoms with Crippen molar-refractivity contribution < 1.29 is 8.42 Å². The molecule has 3 rings (SSSR count). The summed E-state index contributed by atoms with van der Waals surface area (Å²) in [4.78, 5) is 5.40. The van der Waals surface area contributed by atoms with Gasteiger partial charge < -0.3 is 9.88 Å². The predicted octanol–water partition coefficient (Wildman–Crippen LogP) is 2.68. The number of aromatic amines is 1. The third kappa shape index (κ3) is 2.71. The van der Waals surface area contributed by atoms with Crippen molar-refractivity contribution in [1.82, 2.24) is 9.29 Å². The van der Waals surface area contributed by atoms with Gasteiger partial charge in [0.1, 0.15) is 0 Å². The third-order valence-corrected chi connectivity index (χ3v) is 5.88. The summed E-state index contributed by atoms with van der Waals surface area (Å²) in [6.07, 6.45) is 3.17. The molecule has 1 aromatic carbocycles. The SMILES string of the molecule is C[C@@H]1CN(c2cc(Cl)cc3[nH]ccc23)C[C@H](C)N1S(C)(=O)=O. The number of sulfonamides is 1. The number of fused-ring (bicyclic) bond motifs is 1. The number of hydrogen-bond acceptors (Lipinski definition) is 3. The van der Waals surface area contributed by atoms with Gasteiger partial charge >= 0.3 is 0 Å². The molecule has 0 amide bonds. The van der Waals surface area contributed by atoms with E-state index in [9.17, 15) is 8.42 Å². The molecule has 22 heavy (non-hydrogen) atoms. The third-order valence-electron chi connectivity index (χ3n) is 4.17. The average Bonchev–Trinajstić information content (AvgIpc) is 2.82. The highest BCUT2D eigenvalue weighted by Gasteiger charge is 2.35. The minimum atomic E-state index is -3.20. The van der Waals surface area contributed by atoms with Crippen LogP contribution in [-0.4, -0.2) is 49.1 Å². The predicted molar refractivity (Wildman–Crippen MR) is 91.1 cm³/mol. The van der Waals surface area contributed by atoms with Crippen LogP contribution in [-0.2, 0) is 10.0 Å². The van der Waals surface area contributed by atoms with Crippen LogP contribution < -0.4 is 4.90 Å². The van der Waals surface area contributed by atoms with Crippen molar-refractivity contribution in [2.75, 3.05) is 24.2 Å². The first kappa shape index (κ1) is 15.6. The van der Waals surface area contributed by atoms with Gasteiger partial charge in [-0.3, -0.25) is 0 Å². The van der Waals surface area contributed by atoms with E-state index in [4.69, 9.17) is 11.6 Å². The first-order valence-corrected chi connectivity index (χ1v) is 9.50. The summed E-state index contributed by atoms with van der Waals surface area (Å²) in [6.45, 7) is 5.20. The molecule has 7 heteroatoms. The Kier molecular flexibility index (Phi) is 3.87. The standard InChI is InChI=1S/C15H20ClN3O2S/c1-10-8-18(9-11(2)19(10)22(3,20)21)15-7-12(16)6-14-13(15)4-5-17-14/h4-7,10-11,17H,8-9H2,1-3H3/t10-,11+. The van der Waals surface area contributed by atoms with Crippen molar-refractivity contribution in [2.24, 2.45) is 0 Å². The summed E-state index contributed by atoms with van der Waals surface area (Å²) in [7, 11) is -3.20. The van der Waals surface area contributed by atoms with Gasteiger partial charge in [0.05, 0.1) is 6.26 Å². The molecule has 120 valence electrons. The fourth-order valence-corrected chi connectivity index (χ4v) is 5.19. The summed E-state index contributed by atoms with van der Waals surface area (Å²) in [5.74, 6) is 0. The van der Waals surface area contributed by atoms with Gasteiger partial charge in [-0.25, -0.2) is 8.42 Å². The smallest absolute Gasteiger partial charge is 0.211 e. The highest BCUT2D eigenvalue weighted by Crippen LogP contribution is 2.33. The lowest BCUT2D eigenvalue weighted by atomic mass is 10.1. The number of nitrogens with zero attached hydrogens (tertiary/aromatic N) is 2. The van der Waals surface area contributed by atoms with Gasteiger partial charge in [0, 0.05) is 53.0 Å². The normalized spacial score (nSPS) is 24.1. The molecule has 2 heterocycles. The Morgan fingerprint density at radius 1 is 1.23 bits per heavy atom. The molecule has 5 nitrogen and oxygen atoms in total. The molecule has 0 bridgehead atoms. The largest absolute Gasteiger partial charge is 0.368 e. The van der Waals surface area contributed by atoms with Gasteiger partial charge in [0.15, 0.2) is 0 Å². The molecule has 2 atom stereocenters. The van der Waals surface area contributed by atoms with E-state index >= 15 is 0 Å². The monoisotopic (exact) mass is 341 g/mol. The number of nitrogens with one attached hydrogen (secondary N) is 1. The molecule has 0 saturated carbocycles. The summed E-state index contributed by atoms with van der Waals surface area (Å²) in [6, 6.07) is 5.73. The van der Waals surface area contributed by atoms with Gasteiger partial charge in [0.25, 0.3) is 0 Å². The molecule has 0 radical (unpaired) electrons. The lowest BCUT2D eigenvalue weighted by Crippen LogP contribution is -2.58. The van der Waals surface area contributed by atoms with Crippen molar-refractivity contribution in [3.63, 3.8) is 0 Å². The van der Waals surface area contributed by atoms with Crippen LogP contribution in [0, 0.1) is 0 Å². The van der Waals surface area contributed by atoms with Crippen LogP contribution in [0.5, 0.6) is 0 Å². The molecule has 0 spiro atoms. The molecule has 1 fully saturated rings. The molecule has 1 N–H and O–H groups in total. The molecular formula is C15H20ClN3O2S. The Hall–Kier alpha value is -1.24. The van der Waals surface area contributed by atoms with E-state index < -0.39 is 10.0 Å². The summed E-state index contributed by atoms with van der Waals surface area (Å²) in [5, 5.41) is 1.78. The van der Waals surface area contributed by atoms with Crippen LogP contribution in [0.3, 0.4) is 0 Å². The second-order valence-electron chi connectivity index (χ2n) is 6.06. The number of aromatic nitrogens is 1. The Morgan fingerprint density at radius 3 is 2.45 bits per heavy atom. The average molecular weight is 342 g/mol. The zero-order chi connectivity index (χ0) is 16.1. The fourth-order valence-electron chi connectivity index (χ4n) is 3.53. The maximum atomic E-state index is 12.0. The number of anilines is 1. The van der Waals surface area contributed by atoms with Crippen LogP contribution in [0.25, 0.3) is 10.9 Å². The maximum Gasteiger partial charge on any atom is 0.211 e. The van der Waals surface area contributed by atoms with E-state index in [1.807, 2.05) is 38.2 Å². The number of halogens is 1. The quantitative estimate of drug-likeness (QED) is 0.913. The van der Waals surface area contributed by atoms with E-state index in [0.29, 0.717) is 18.1 Å². The first-order chi connectivity index (χ1) is 10.3. The van der Waals surface area contributed by atoms with Crippen LogP contribution in [0.1, 0.15) is 13.8 Å². The van der Waals surface area contributed by atoms with Crippen molar-refractivity contribution in [1.29, 1.82) is 0 Å². The van der Waals surface area contributed by atoms with E-state index in [1.54, 1.807) is 4.31 Å². The molecule has 1 aromatic heterocycles. The number of rotatable bonds is 2. The zero-order valence-electron chi connectivity index (χ0n) is 12.9. The Balaban J connectivity index is 1.98. The minimum Gasteiger partial charge on any atom is -0.368 e. The van der Waals surface area contributed by atoms with Gasteiger partial charge in [-0.1, -0.05) is 11.6 Å². The number of hydrogen-bond donors (Lipinski definition) is 1. The molecule has 1 aliphatic heterocycles. The Bertz CT molecular complexity index is 790. The number of benzene rings is 1. The molecule has 0 aliphatic carbocycles. The van der Waals surface area contributed by atoms with Gasteiger partial charge in [-0.15, -0.1) is 0 Å². The Labute approximate surface area is 135 Å². The van der Waals surface area contributed by atoms with Crippen LogP contribution >= 0.6 is 11.6 Å². The zero-order valence-corrected chi connectivity index (χ0v) is 14.4. The topological polar surface area (TPSA) is 56.4 Å².